The van der Waals surface area contributed by atoms with Crippen molar-refractivity contribution in [3.63, 3.8) is 0 Å². The van der Waals surface area contributed by atoms with Crippen LogP contribution in [0, 0.1) is 0 Å². The molecule has 4 heterocycles. The minimum absolute atomic E-state index is 0.268. The summed E-state index contributed by atoms with van der Waals surface area (Å²) in [6, 6.07) is 5.85. The highest BCUT2D eigenvalue weighted by Gasteiger charge is 2.21. The van der Waals surface area contributed by atoms with Crippen LogP contribution in [-0.4, -0.2) is 64.9 Å². The zero-order valence-electron chi connectivity index (χ0n) is 16.4. The van der Waals surface area contributed by atoms with Gasteiger partial charge in [0.05, 0.1) is 33.8 Å². The first-order valence-electron chi connectivity index (χ1n) is 9.62. The number of hydrogen-bond donors (Lipinski definition) is 2. The van der Waals surface area contributed by atoms with Gasteiger partial charge in [-0.2, -0.15) is 0 Å². The van der Waals surface area contributed by atoms with E-state index in [1.807, 2.05) is 18.2 Å². The van der Waals surface area contributed by atoms with E-state index in [-0.39, 0.29) is 5.91 Å². The quantitative estimate of drug-likeness (QED) is 0.623. The summed E-state index contributed by atoms with van der Waals surface area (Å²) in [5.74, 6) is 0.438. The molecule has 9 nitrogen and oxygen atoms in total. The molecule has 1 amide bonds. The topological polar surface area (TPSA) is 98.6 Å². The lowest BCUT2D eigenvalue weighted by atomic mass is 10.2. The summed E-state index contributed by atoms with van der Waals surface area (Å²) in [6.45, 7) is 3.95. The number of piperazine rings is 1. The molecular weight excluding hydrogens is 400 g/mol. The number of hydrogen-bond acceptors (Lipinski definition) is 9. The summed E-state index contributed by atoms with van der Waals surface area (Å²) >= 11 is 1.56. The lowest BCUT2D eigenvalue weighted by Gasteiger charge is -2.33. The maximum atomic E-state index is 12.3. The van der Waals surface area contributed by atoms with E-state index in [1.165, 1.54) is 0 Å². The molecule has 0 saturated carbocycles. The number of likely N-dealkylation sites (N-methyl/N-ethyl adjacent to an activating group) is 1. The lowest BCUT2D eigenvalue weighted by Crippen LogP contribution is -2.44. The van der Waals surface area contributed by atoms with Gasteiger partial charge >= 0.3 is 0 Å². The number of carbonyl (C=O) groups excluding carboxylic acids is 1. The Hall–Kier alpha value is -3.37. The monoisotopic (exact) mass is 420 g/mol. The predicted octanol–water partition coefficient (Wildman–Crippen LogP) is 1.78. The van der Waals surface area contributed by atoms with Crippen LogP contribution >= 0.6 is 11.3 Å². The molecule has 0 spiro atoms. The largest absolute Gasteiger partial charge is 0.366 e. The molecule has 2 aliphatic rings. The number of nitrogens with zero attached hydrogens (tertiary/aromatic N) is 6. The van der Waals surface area contributed by atoms with E-state index >= 15 is 0 Å². The highest BCUT2D eigenvalue weighted by atomic mass is 32.1. The van der Waals surface area contributed by atoms with Crippen LogP contribution in [0.5, 0.6) is 0 Å². The number of thiazole rings is 1. The molecule has 10 heteroatoms. The van der Waals surface area contributed by atoms with E-state index in [1.54, 1.807) is 35.3 Å². The van der Waals surface area contributed by atoms with Crippen molar-refractivity contribution in [3.05, 3.63) is 47.4 Å². The van der Waals surface area contributed by atoms with Gasteiger partial charge in [0.2, 0.25) is 11.9 Å². The van der Waals surface area contributed by atoms with Crippen molar-refractivity contribution in [2.45, 2.75) is 0 Å². The second-order valence-electron chi connectivity index (χ2n) is 7.20. The first kappa shape index (κ1) is 18.6. The van der Waals surface area contributed by atoms with Gasteiger partial charge < -0.3 is 9.80 Å². The van der Waals surface area contributed by atoms with Crippen molar-refractivity contribution >= 4 is 51.1 Å². The van der Waals surface area contributed by atoms with Crippen LogP contribution in [0.2, 0.25) is 0 Å². The van der Waals surface area contributed by atoms with Crippen LogP contribution in [-0.2, 0) is 4.79 Å². The molecule has 0 aliphatic carbocycles. The minimum atomic E-state index is -0.268. The molecule has 0 radical (unpaired) electrons. The number of amides is 1. The number of benzene rings is 1. The van der Waals surface area contributed by atoms with E-state index in [0.29, 0.717) is 17.6 Å². The Morgan fingerprint density at radius 3 is 2.73 bits per heavy atom. The second kappa shape index (κ2) is 7.81. The van der Waals surface area contributed by atoms with Crippen molar-refractivity contribution in [2.24, 2.45) is 4.99 Å². The molecule has 1 aromatic carbocycles. The molecule has 0 bridgehead atoms. The molecule has 1 fully saturated rings. The third-order valence-electron chi connectivity index (χ3n) is 5.09. The summed E-state index contributed by atoms with van der Waals surface area (Å²) in [6.07, 6.45) is 5.33. The normalized spacial score (nSPS) is 18.7. The minimum Gasteiger partial charge on any atom is -0.366 e. The molecule has 152 valence electrons. The Morgan fingerprint density at radius 1 is 1.13 bits per heavy atom. The molecule has 5 rings (SSSR count). The Labute approximate surface area is 177 Å². The SMILES string of the molecule is CN1CCN(c2cnc(NC3=N/C(=C\c4ccc5ncsc5c4)C(=O)N3)nc2)CC1. The van der Waals surface area contributed by atoms with Gasteiger partial charge in [-0.3, -0.25) is 15.4 Å². The van der Waals surface area contributed by atoms with Gasteiger partial charge in [-0.25, -0.2) is 19.9 Å². The van der Waals surface area contributed by atoms with Gasteiger partial charge in [-0.05, 0) is 30.8 Å². The van der Waals surface area contributed by atoms with E-state index in [2.05, 4.69) is 47.4 Å². The van der Waals surface area contributed by atoms with Crippen LogP contribution in [0.15, 0.2) is 46.8 Å². The maximum absolute atomic E-state index is 12.3. The number of carbonyl (C=O) groups is 1. The number of rotatable bonds is 3. The van der Waals surface area contributed by atoms with E-state index in [9.17, 15) is 4.79 Å². The number of fused-ring (bicyclic) bond motifs is 1. The Kier molecular flexibility index (Phi) is 4.85. The molecule has 3 aromatic rings. The standard InChI is InChI=1S/C20H20N8OS/c1-27-4-6-28(7-5-27)14-10-21-19(22-11-14)26-20-24-16(18(29)25-20)8-13-2-3-15-17(9-13)30-12-23-15/h2-3,8-12H,4-7H2,1H3,(H2,21,22,24,25,26,29)/b16-8-. The first-order chi connectivity index (χ1) is 14.6. The van der Waals surface area contributed by atoms with Gasteiger partial charge in [-0.1, -0.05) is 6.07 Å². The molecule has 1 saturated heterocycles. The molecule has 2 aliphatic heterocycles. The molecule has 2 aromatic heterocycles. The molecule has 2 N–H and O–H groups in total. The van der Waals surface area contributed by atoms with Gasteiger partial charge in [0.15, 0.2) is 0 Å². The van der Waals surface area contributed by atoms with Crippen molar-refractivity contribution in [1.82, 2.24) is 25.2 Å². The molecular formula is C20H20N8OS. The van der Waals surface area contributed by atoms with Gasteiger partial charge in [0.25, 0.3) is 5.91 Å². The first-order valence-corrected chi connectivity index (χ1v) is 10.5. The zero-order valence-corrected chi connectivity index (χ0v) is 17.2. The van der Waals surface area contributed by atoms with Crippen molar-refractivity contribution in [3.8, 4) is 0 Å². The van der Waals surface area contributed by atoms with Gasteiger partial charge in [-0.15, -0.1) is 11.3 Å². The van der Waals surface area contributed by atoms with Crippen LogP contribution in [0.3, 0.4) is 0 Å². The number of guanidine groups is 1. The fraction of sp³-hybridized carbons (Fsp3) is 0.250. The number of anilines is 2. The van der Waals surface area contributed by atoms with Crippen LogP contribution in [0.1, 0.15) is 5.56 Å². The van der Waals surface area contributed by atoms with E-state index in [0.717, 1.165) is 47.6 Å². The third kappa shape index (κ3) is 3.87. The summed E-state index contributed by atoms with van der Waals surface area (Å²) < 4.78 is 1.07. The van der Waals surface area contributed by atoms with Crippen LogP contribution in [0.25, 0.3) is 16.3 Å². The van der Waals surface area contributed by atoms with Crippen molar-refractivity contribution in [1.29, 1.82) is 0 Å². The smallest absolute Gasteiger partial charge is 0.276 e. The lowest BCUT2D eigenvalue weighted by molar-refractivity contribution is -0.115. The maximum Gasteiger partial charge on any atom is 0.276 e. The van der Waals surface area contributed by atoms with Crippen LogP contribution < -0.4 is 15.5 Å². The molecule has 0 atom stereocenters. The Morgan fingerprint density at radius 2 is 1.93 bits per heavy atom. The number of aliphatic imine (C=N–C) groups is 1. The average Bonchev–Trinajstić information content (AvgIpc) is 3.35. The van der Waals surface area contributed by atoms with E-state index < -0.39 is 0 Å². The number of aromatic nitrogens is 3. The summed E-state index contributed by atoms with van der Waals surface area (Å²) in [5.41, 5.74) is 4.97. The summed E-state index contributed by atoms with van der Waals surface area (Å²) in [5, 5.41) is 5.68. The Balaban J connectivity index is 1.28. The van der Waals surface area contributed by atoms with Crippen LogP contribution in [0.4, 0.5) is 11.6 Å². The van der Waals surface area contributed by atoms with Crippen molar-refractivity contribution < 1.29 is 4.79 Å². The predicted molar refractivity (Wildman–Crippen MR) is 119 cm³/mol. The average molecular weight is 421 g/mol. The summed E-state index contributed by atoms with van der Waals surface area (Å²) in [4.78, 5) is 34.2. The molecule has 30 heavy (non-hydrogen) atoms. The van der Waals surface area contributed by atoms with E-state index in [4.69, 9.17) is 0 Å². The summed E-state index contributed by atoms with van der Waals surface area (Å²) in [7, 11) is 2.12. The molecule has 0 unspecified atom stereocenters. The zero-order chi connectivity index (χ0) is 20.5. The second-order valence-corrected chi connectivity index (χ2v) is 8.09. The Bertz CT molecular complexity index is 1150. The third-order valence-corrected chi connectivity index (χ3v) is 5.88. The highest BCUT2D eigenvalue weighted by Crippen LogP contribution is 2.21. The van der Waals surface area contributed by atoms with Gasteiger partial charge in [0.1, 0.15) is 5.70 Å². The van der Waals surface area contributed by atoms with Gasteiger partial charge in [0, 0.05) is 26.2 Å². The highest BCUT2D eigenvalue weighted by molar-refractivity contribution is 7.16. The fourth-order valence-corrected chi connectivity index (χ4v) is 4.09. The number of nitrogens with one attached hydrogen (secondary N) is 2. The fourth-order valence-electron chi connectivity index (χ4n) is 3.37. The van der Waals surface area contributed by atoms with Crippen molar-refractivity contribution in [2.75, 3.05) is 43.4 Å².